The Hall–Kier alpha value is -2.32. The average Bonchev–Trinajstić information content (AvgIpc) is 3.23. The number of phosphoric acid groups is 1. The van der Waals surface area contributed by atoms with Crippen molar-refractivity contribution in [2.45, 2.75) is 206 Å². The Morgan fingerprint density at radius 2 is 0.984 bits per heavy atom. The average molecular weight is 888 g/mol. The zero-order chi connectivity index (χ0) is 45.7. The Kier molecular flexibility index (Phi) is 42.3. The molecule has 9 heteroatoms. The lowest BCUT2D eigenvalue weighted by Gasteiger charge is -2.25. The number of likely N-dealkylation sites (N-methyl/N-ethyl adjacent to an activating group) is 1. The molecule has 0 saturated carbocycles. The number of carbonyl (C=O) groups is 1. The number of hydrogen-bond donors (Lipinski definition) is 3. The first-order chi connectivity index (χ1) is 30.0. The quantitative estimate of drug-likeness (QED) is 0.0244. The Morgan fingerprint density at radius 3 is 1.48 bits per heavy atom. The van der Waals surface area contributed by atoms with Gasteiger partial charge in [-0.2, -0.15) is 0 Å². The van der Waals surface area contributed by atoms with Gasteiger partial charge in [0.1, 0.15) is 13.2 Å². The SMILES string of the molecule is CC/C=C\C/C=C\C/C=C\C/C=C\CCCCC(=O)NC(COP(=O)(O)OCC[N+](C)(C)C)C(O)/C=C/CC/C=C/CC/C=C/CCCCCCCCCCCCCCCCC. The van der Waals surface area contributed by atoms with Crippen LogP contribution in [-0.4, -0.2) is 73.4 Å². The van der Waals surface area contributed by atoms with Gasteiger partial charge in [0, 0.05) is 6.42 Å². The molecule has 3 N–H and O–H groups in total. The van der Waals surface area contributed by atoms with Gasteiger partial charge in [0.05, 0.1) is 39.9 Å². The van der Waals surface area contributed by atoms with Crippen LogP contribution in [0, 0.1) is 0 Å². The summed E-state index contributed by atoms with van der Waals surface area (Å²) in [6.07, 6.45) is 61.1. The van der Waals surface area contributed by atoms with Gasteiger partial charge >= 0.3 is 7.82 Å². The van der Waals surface area contributed by atoms with Crippen LogP contribution in [0.15, 0.2) is 85.1 Å². The van der Waals surface area contributed by atoms with E-state index >= 15 is 0 Å². The molecule has 0 aliphatic rings. The minimum atomic E-state index is -4.37. The Morgan fingerprint density at radius 1 is 0.565 bits per heavy atom. The monoisotopic (exact) mass is 888 g/mol. The molecule has 0 radical (unpaired) electrons. The number of amides is 1. The highest BCUT2D eigenvalue weighted by molar-refractivity contribution is 7.47. The number of carbonyl (C=O) groups excluding carboxylic acids is 1. The third kappa shape index (κ3) is 45.7. The molecule has 3 atom stereocenters. The highest BCUT2D eigenvalue weighted by Gasteiger charge is 2.27. The molecule has 0 fully saturated rings. The summed E-state index contributed by atoms with van der Waals surface area (Å²) in [5.74, 6) is -0.235. The number of aliphatic hydroxyl groups excluding tert-OH is 1. The molecule has 0 aliphatic heterocycles. The van der Waals surface area contributed by atoms with E-state index in [0.717, 1.165) is 64.2 Å². The zero-order valence-corrected chi connectivity index (χ0v) is 41.5. The van der Waals surface area contributed by atoms with E-state index in [1.54, 1.807) is 6.08 Å². The predicted octanol–water partition coefficient (Wildman–Crippen LogP) is 14.5. The third-order valence-corrected chi connectivity index (χ3v) is 11.6. The van der Waals surface area contributed by atoms with Crippen molar-refractivity contribution in [2.24, 2.45) is 0 Å². The maximum Gasteiger partial charge on any atom is 0.472 e. The van der Waals surface area contributed by atoms with Crippen molar-refractivity contribution in [1.29, 1.82) is 0 Å². The van der Waals surface area contributed by atoms with Crippen molar-refractivity contribution in [3.63, 3.8) is 0 Å². The lowest BCUT2D eigenvalue weighted by molar-refractivity contribution is -0.870. The number of nitrogens with one attached hydrogen (secondary N) is 1. The van der Waals surface area contributed by atoms with E-state index in [0.29, 0.717) is 17.4 Å². The normalized spacial score (nSPS) is 14.9. The Labute approximate surface area is 382 Å². The first-order valence-electron chi connectivity index (χ1n) is 25.0. The fourth-order valence-electron chi connectivity index (χ4n) is 6.65. The van der Waals surface area contributed by atoms with Gasteiger partial charge in [-0.15, -0.1) is 0 Å². The van der Waals surface area contributed by atoms with Gasteiger partial charge in [0.25, 0.3) is 0 Å². The minimum absolute atomic E-state index is 0.0411. The molecule has 62 heavy (non-hydrogen) atoms. The molecule has 0 aromatic carbocycles. The lowest BCUT2D eigenvalue weighted by Crippen LogP contribution is -2.45. The van der Waals surface area contributed by atoms with Crippen LogP contribution in [-0.2, 0) is 18.4 Å². The number of aliphatic hydroxyl groups is 1. The van der Waals surface area contributed by atoms with Crippen LogP contribution >= 0.6 is 7.82 Å². The molecule has 0 aromatic rings. The van der Waals surface area contributed by atoms with Crippen LogP contribution < -0.4 is 5.32 Å². The molecule has 0 bridgehead atoms. The van der Waals surface area contributed by atoms with Crippen LogP contribution in [0.2, 0.25) is 0 Å². The smallest absolute Gasteiger partial charge is 0.387 e. The van der Waals surface area contributed by atoms with Gasteiger partial charge in [-0.1, -0.05) is 189 Å². The van der Waals surface area contributed by atoms with E-state index in [4.69, 9.17) is 9.05 Å². The van der Waals surface area contributed by atoms with E-state index in [-0.39, 0.29) is 25.5 Å². The van der Waals surface area contributed by atoms with Crippen LogP contribution in [0.3, 0.4) is 0 Å². The summed E-state index contributed by atoms with van der Waals surface area (Å²) < 4.78 is 23.6. The molecule has 0 aromatic heterocycles. The van der Waals surface area contributed by atoms with Crippen molar-refractivity contribution in [1.82, 2.24) is 5.32 Å². The highest BCUT2D eigenvalue weighted by atomic mass is 31.2. The van der Waals surface area contributed by atoms with Crippen molar-refractivity contribution in [2.75, 3.05) is 40.9 Å². The van der Waals surface area contributed by atoms with Crippen LogP contribution in [0.25, 0.3) is 0 Å². The lowest BCUT2D eigenvalue weighted by atomic mass is 10.0. The fraction of sp³-hybridized carbons (Fsp3) is 0.717. The standard InChI is InChI=1S/C53H95N2O6P/c1-6-8-10-12-14-16-18-20-22-23-24-25-26-27-28-29-30-31-33-34-36-38-40-42-44-46-52(56)51(50-61-62(58,59)60-49-48-55(3,4)5)54-53(57)47-45-43-41-39-37-35-32-21-19-17-15-13-11-9-7-2/h9,11,15,17,21,30-32,36-39,44,46,51-52,56H,6-8,10,12-14,16,18-20,22-29,33-35,40-43,45,47-50H2,1-5H3,(H-,54,57,58,59)/p+1/b11-9-,17-15-,31-30+,32-21-,38-36+,39-37-,46-44+. The fourth-order valence-corrected chi connectivity index (χ4v) is 7.39. The van der Waals surface area contributed by atoms with E-state index < -0.39 is 20.0 Å². The van der Waals surface area contributed by atoms with Crippen molar-refractivity contribution in [3.8, 4) is 0 Å². The molecule has 0 heterocycles. The molecular formula is C53H96N2O6P+. The molecule has 358 valence electrons. The number of phosphoric ester groups is 1. The first kappa shape index (κ1) is 59.7. The minimum Gasteiger partial charge on any atom is -0.387 e. The second kappa shape index (κ2) is 43.9. The Balaban J connectivity index is 4.43. The van der Waals surface area contributed by atoms with Gasteiger partial charge < -0.3 is 19.8 Å². The molecule has 1 amide bonds. The molecule has 3 unspecified atom stereocenters. The maximum atomic E-state index is 12.9. The summed E-state index contributed by atoms with van der Waals surface area (Å²) in [6.45, 7) is 4.63. The van der Waals surface area contributed by atoms with Crippen molar-refractivity contribution in [3.05, 3.63) is 85.1 Å². The molecule has 0 aliphatic carbocycles. The zero-order valence-electron chi connectivity index (χ0n) is 40.6. The van der Waals surface area contributed by atoms with E-state index in [1.165, 1.54) is 103 Å². The number of unbranched alkanes of at least 4 members (excludes halogenated alkanes) is 19. The summed E-state index contributed by atoms with van der Waals surface area (Å²) in [7, 11) is 1.51. The summed E-state index contributed by atoms with van der Waals surface area (Å²) >= 11 is 0. The number of nitrogens with zero attached hydrogens (tertiary/aromatic N) is 1. The molecular weight excluding hydrogens is 792 g/mol. The van der Waals surface area contributed by atoms with Crippen LogP contribution in [0.5, 0.6) is 0 Å². The van der Waals surface area contributed by atoms with Crippen molar-refractivity contribution >= 4 is 13.7 Å². The number of quaternary nitrogens is 1. The third-order valence-electron chi connectivity index (χ3n) is 10.6. The number of allylic oxidation sites excluding steroid dienone is 13. The molecule has 0 saturated heterocycles. The molecule has 0 spiro atoms. The second-order valence-corrected chi connectivity index (χ2v) is 19.2. The number of hydrogen-bond acceptors (Lipinski definition) is 5. The van der Waals surface area contributed by atoms with E-state index in [2.05, 4.69) is 92.1 Å². The van der Waals surface area contributed by atoms with Crippen molar-refractivity contribution < 1.29 is 32.9 Å². The highest BCUT2D eigenvalue weighted by Crippen LogP contribution is 2.43. The van der Waals surface area contributed by atoms with Gasteiger partial charge in [0.15, 0.2) is 0 Å². The topological polar surface area (TPSA) is 105 Å². The summed E-state index contributed by atoms with van der Waals surface area (Å²) in [4.78, 5) is 23.1. The molecule has 8 nitrogen and oxygen atoms in total. The van der Waals surface area contributed by atoms with Crippen LogP contribution in [0.1, 0.15) is 194 Å². The largest absolute Gasteiger partial charge is 0.472 e. The molecule has 0 rings (SSSR count). The van der Waals surface area contributed by atoms with Gasteiger partial charge in [-0.05, 0) is 83.5 Å². The Bertz CT molecular complexity index is 1280. The van der Waals surface area contributed by atoms with Gasteiger partial charge in [-0.3, -0.25) is 13.8 Å². The summed E-state index contributed by atoms with van der Waals surface area (Å²) in [6, 6.07) is -0.896. The summed E-state index contributed by atoms with van der Waals surface area (Å²) in [5.41, 5.74) is 0. The second-order valence-electron chi connectivity index (χ2n) is 17.8. The first-order valence-corrected chi connectivity index (χ1v) is 26.5. The van der Waals surface area contributed by atoms with Gasteiger partial charge in [0.2, 0.25) is 5.91 Å². The van der Waals surface area contributed by atoms with E-state index in [1.807, 2.05) is 27.2 Å². The number of rotatable bonds is 44. The predicted molar refractivity (Wildman–Crippen MR) is 267 cm³/mol. The van der Waals surface area contributed by atoms with Crippen LogP contribution in [0.4, 0.5) is 0 Å². The van der Waals surface area contributed by atoms with Gasteiger partial charge in [-0.25, -0.2) is 4.57 Å². The summed E-state index contributed by atoms with van der Waals surface area (Å²) in [5, 5.41) is 13.8. The maximum absolute atomic E-state index is 12.9. The van der Waals surface area contributed by atoms with E-state index in [9.17, 15) is 19.4 Å².